The highest BCUT2D eigenvalue weighted by atomic mass is 16.4. The molecule has 0 atom stereocenters. The SMILES string of the molecule is Cc1cnc(CNc2nc(N)nc(N(C)C)n2)o1. The minimum absolute atomic E-state index is 0.166. The van der Waals surface area contributed by atoms with E-state index in [0.717, 1.165) is 5.76 Å². The fourth-order valence-electron chi connectivity index (χ4n) is 1.30. The molecule has 2 aromatic heterocycles. The Morgan fingerprint density at radius 1 is 1.33 bits per heavy atom. The lowest BCUT2D eigenvalue weighted by molar-refractivity contribution is 0.478. The smallest absolute Gasteiger partial charge is 0.231 e. The number of nitrogen functional groups attached to an aromatic ring is 1. The molecule has 8 heteroatoms. The Hall–Kier alpha value is -2.38. The Morgan fingerprint density at radius 2 is 2.11 bits per heavy atom. The molecule has 8 nitrogen and oxygen atoms in total. The van der Waals surface area contributed by atoms with Crippen LogP contribution in [0.5, 0.6) is 0 Å². The second-order valence-corrected chi connectivity index (χ2v) is 3.93. The highest BCUT2D eigenvalue weighted by molar-refractivity contribution is 5.40. The first-order valence-corrected chi connectivity index (χ1v) is 5.38. The van der Waals surface area contributed by atoms with Crippen LogP contribution in [0.25, 0.3) is 0 Å². The molecule has 0 saturated carbocycles. The number of anilines is 3. The fourth-order valence-corrected chi connectivity index (χ4v) is 1.30. The van der Waals surface area contributed by atoms with Gasteiger partial charge in [-0.05, 0) is 6.92 Å². The molecule has 2 heterocycles. The Bertz CT molecular complexity index is 537. The van der Waals surface area contributed by atoms with Crippen LogP contribution in [-0.4, -0.2) is 34.0 Å². The monoisotopic (exact) mass is 249 g/mol. The molecule has 0 aliphatic rings. The maximum atomic E-state index is 5.60. The molecule has 0 aromatic carbocycles. The third-order valence-electron chi connectivity index (χ3n) is 2.11. The summed E-state index contributed by atoms with van der Waals surface area (Å²) in [5, 5.41) is 2.99. The third kappa shape index (κ3) is 2.84. The molecular weight excluding hydrogens is 234 g/mol. The van der Waals surface area contributed by atoms with Crippen molar-refractivity contribution in [2.45, 2.75) is 13.5 Å². The number of hydrogen-bond donors (Lipinski definition) is 2. The average Bonchev–Trinajstić information content (AvgIpc) is 2.72. The van der Waals surface area contributed by atoms with E-state index in [4.69, 9.17) is 10.2 Å². The third-order valence-corrected chi connectivity index (χ3v) is 2.11. The molecule has 96 valence electrons. The normalized spacial score (nSPS) is 10.4. The number of aromatic nitrogens is 4. The Morgan fingerprint density at radius 3 is 2.72 bits per heavy atom. The summed E-state index contributed by atoms with van der Waals surface area (Å²) in [7, 11) is 3.66. The summed E-state index contributed by atoms with van der Waals surface area (Å²) in [5.74, 6) is 2.38. The first kappa shape index (κ1) is 12.1. The van der Waals surface area contributed by atoms with Gasteiger partial charge in [0.15, 0.2) is 0 Å². The molecular formula is C10H15N7O. The molecule has 0 fully saturated rings. The van der Waals surface area contributed by atoms with Gasteiger partial charge in [0.2, 0.25) is 23.7 Å². The lowest BCUT2D eigenvalue weighted by atomic mass is 10.6. The summed E-state index contributed by atoms with van der Waals surface area (Å²) in [6.45, 7) is 2.23. The zero-order valence-electron chi connectivity index (χ0n) is 10.5. The van der Waals surface area contributed by atoms with Crippen LogP contribution < -0.4 is 16.0 Å². The first-order valence-electron chi connectivity index (χ1n) is 5.38. The van der Waals surface area contributed by atoms with E-state index >= 15 is 0 Å². The number of nitrogens with zero attached hydrogens (tertiary/aromatic N) is 5. The van der Waals surface area contributed by atoms with Crippen LogP contribution in [0.4, 0.5) is 17.8 Å². The van der Waals surface area contributed by atoms with Crippen molar-refractivity contribution in [3.8, 4) is 0 Å². The largest absolute Gasteiger partial charge is 0.444 e. The second kappa shape index (κ2) is 4.86. The first-order chi connectivity index (χ1) is 8.54. The molecule has 0 aliphatic heterocycles. The molecule has 0 spiro atoms. The maximum absolute atomic E-state index is 5.60. The molecule has 0 unspecified atom stereocenters. The number of rotatable bonds is 4. The molecule has 0 radical (unpaired) electrons. The molecule has 0 amide bonds. The molecule has 18 heavy (non-hydrogen) atoms. The summed E-state index contributed by atoms with van der Waals surface area (Å²) in [6.07, 6.45) is 1.66. The van der Waals surface area contributed by atoms with Crippen LogP contribution in [0.15, 0.2) is 10.6 Å². The van der Waals surface area contributed by atoms with E-state index < -0.39 is 0 Å². The van der Waals surface area contributed by atoms with Crippen LogP contribution in [0, 0.1) is 6.92 Å². The van der Waals surface area contributed by atoms with E-state index in [9.17, 15) is 0 Å². The summed E-state index contributed by atoms with van der Waals surface area (Å²) >= 11 is 0. The van der Waals surface area contributed by atoms with E-state index in [1.165, 1.54) is 0 Å². The molecule has 2 aromatic rings. The molecule has 0 aliphatic carbocycles. The topological polar surface area (TPSA) is 106 Å². The van der Waals surface area contributed by atoms with Gasteiger partial charge in [0.25, 0.3) is 0 Å². The van der Waals surface area contributed by atoms with Crippen LogP contribution in [0.2, 0.25) is 0 Å². The van der Waals surface area contributed by atoms with E-state index in [1.807, 2.05) is 21.0 Å². The number of aryl methyl sites for hydroxylation is 1. The fraction of sp³-hybridized carbons (Fsp3) is 0.400. The maximum Gasteiger partial charge on any atom is 0.231 e. The Kier molecular flexibility index (Phi) is 3.26. The van der Waals surface area contributed by atoms with Crippen molar-refractivity contribution in [2.75, 3.05) is 30.0 Å². The highest BCUT2D eigenvalue weighted by Crippen LogP contribution is 2.10. The van der Waals surface area contributed by atoms with Crippen molar-refractivity contribution in [1.82, 2.24) is 19.9 Å². The number of hydrogen-bond acceptors (Lipinski definition) is 8. The summed E-state index contributed by atoms with van der Waals surface area (Å²) in [5.41, 5.74) is 5.60. The molecule has 0 saturated heterocycles. The predicted molar refractivity (Wildman–Crippen MR) is 67.1 cm³/mol. The van der Waals surface area contributed by atoms with Gasteiger partial charge < -0.3 is 20.4 Å². The minimum Gasteiger partial charge on any atom is -0.444 e. The number of nitrogens with one attached hydrogen (secondary N) is 1. The van der Waals surface area contributed by atoms with E-state index in [0.29, 0.717) is 24.3 Å². The van der Waals surface area contributed by atoms with Gasteiger partial charge in [-0.15, -0.1) is 0 Å². The number of nitrogens with two attached hydrogens (primary N) is 1. The van der Waals surface area contributed by atoms with Gasteiger partial charge in [0.1, 0.15) is 5.76 Å². The van der Waals surface area contributed by atoms with Gasteiger partial charge in [0.05, 0.1) is 12.7 Å². The summed E-state index contributed by atoms with van der Waals surface area (Å²) < 4.78 is 5.33. The van der Waals surface area contributed by atoms with Crippen molar-refractivity contribution in [1.29, 1.82) is 0 Å². The molecule has 2 rings (SSSR count). The highest BCUT2D eigenvalue weighted by Gasteiger charge is 2.07. The quantitative estimate of drug-likeness (QED) is 0.803. The van der Waals surface area contributed by atoms with Crippen molar-refractivity contribution in [3.63, 3.8) is 0 Å². The standard InChI is InChI=1S/C10H15N7O/c1-6-4-12-7(18-6)5-13-9-14-8(11)15-10(16-9)17(2)3/h4H,5H2,1-3H3,(H3,11,13,14,15,16). The lowest BCUT2D eigenvalue weighted by Gasteiger charge is -2.11. The zero-order valence-corrected chi connectivity index (χ0v) is 10.5. The van der Waals surface area contributed by atoms with Crippen LogP contribution in [0.3, 0.4) is 0 Å². The van der Waals surface area contributed by atoms with Gasteiger partial charge in [-0.2, -0.15) is 15.0 Å². The Labute approximate surface area is 104 Å². The van der Waals surface area contributed by atoms with Crippen molar-refractivity contribution in [3.05, 3.63) is 17.8 Å². The minimum atomic E-state index is 0.166. The van der Waals surface area contributed by atoms with Crippen LogP contribution in [0.1, 0.15) is 11.7 Å². The van der Waals surface area contributed by atoms with Gasteiger partial charge in [-0.25, -0.2) is 4.98 Å². The van der Waals surface area contributed by atoms with Crippen molar-refractivity contribution in [2.24, 2.45) is 0 Å². The van der Waals surface area contributed by atoms with Crippen molar-refractivity contribution < 1.29 is 4.42 Å². The average molecular weight is 249 g/mol. The van der Waals surface area contributed by atoms with Gasteiger partial charge in [-0.1, -0.05) is 0 Å². The van der Waals surface area contributed by atoms with Crippen LogP contribution in [-0.2, 0) is 6.54 Å². The number of oxazole rings is 1. The molecule has 0 bridgehead atoms. The Balaban J connectivity index is 2.09. The van der Waals surface area contributed by atoms with Gasteiger partial charge in [0, 0.05) is 14.1 Å². The summed E-state index contributed by atoms with van der Waals surface area (Å²) in [4.78, 5) is 18.0. The van der Waals surface area contributed by atoms with Crippen LogP contribution >= 0.6 is 0 Å². The lowest BCUT2D eigenvalue weighted by Crippen LogP contribution is -2.16. The van der Waals surface area contributed by atoms with E-state index in [1.54, 1.807) is 11.1 Å². The summed E-state index contributed by atoms with van der Waals surface area (Å²) in [6, 6.07) is 0. The van der Waals surface area contributed by atoms with Gasteiger partial charge >= 0.3 is 0 Å². The molecule has 3 N–H and O–H groups in total. The predicted octanol–water partition coefficient (Wildman–Crippen LogP) is 0.428. The zero-order chi connectivity index (χ0) is 13.1. The van der Waals surface area contributed by atoms with Crippen molar-refractivity contribution >= 4 is 17.8 Å². The van der Waals surface area contributed by atoms with E-state index in [2.05, 4.69) is 25.3 Å². The second-order valence-electron chi connectivity index (χ2n) is 3.93. The van der Waals surface area contributed by atoms with Gasteiger partial charge in [-0.3, -0.25) is 0 Å². The van der Waals surface area contributed by atoms with E-state index in [-0.39, 0.29) is 5.95 Å².